The minimum atomic E-state index is -0.983. The second kappa shape index (κ2) is 6.08. The molecule has 1 fully saturated rings. The van der Waals surface area contributed by atoms with E-state index in [-0.39, 0.29) is 5.02 Å². The SMILES string of the molecule is CC(C(N)=O)(c1ccc(F)c(Cl)c1)N1CCCNCC1. The molecule has 2 rings (SSSR count). The van der Waals surface area contributed by atoms with E-state index < -0.39 is 17.3 Å². The van der Waals surface area contributed by atoms with Crippen molar-refractivity contribution in [3.63, 3.8) is 0 Å². The highest BCUT2D eigenvalue weighted by Crippen LogP contribution is 2.31. The fourth-order valence-electron chi connectivity index (χ4n) is 2.57. The highest BCUT2D eigenvalue weighted by atomic mass is 35.5. The number of rotatable bonds is 3. The standard InChI is InChI=1S/C14H19ClFN3O/c1-14(13(17)20,19-7-2-5-18-6-8-19)10-3-4-12(16)11(15)9-10/h3-4,9,18H,2,5-8H2,1H3,(H2,17,20). The van der Waals surface area contributed by atoms with Crippen LogP contribution in [0, 0.1) is 5.82 Å². The van der Waals surface area contributed by atoms with Gasteiger partial charge >= 0.3 is 0 Å². The fraction of sp³-hybridized carbons (Fsp3) is 0.500. The third-order valence-corrected chi connectivity index (χ3v) is 4.22. The van der Waals surface area contributed by atoms with E-state index in [1.807, 2.05) is 4.90 Å². The van der Waals surface area contributed by atoms with Crippen molar-refractivity contribution in [2.45, 2.75) is 18.9 Å². The van der Waals surface area contributed by atoms with Crippen molar-refractivity contribution in [1.29, 1.82) is 0 Å². The van der Waals surface area contributed by atoms with Gasteiger partial charge in [0, 0.05) is 19.6 Å². The van der Waals surface area contributed by atoms with Crippen LogP contribution in [0.3, 0.4) is 0 Å². The number of carbonyl (C=O) groups is 1. The summed E-state index contributed by atoms with van der Waals surface area (Å²) in [5.41, 5.74) is 5.28. The molecule has 1 saturated heterocycles. The van der Waals surface area contributed by atoms with Crippen LogP contribution < -0.4 is 11.1 Å². The lowest BCUT2D eigenvalue weighted by atomic mass is 9.88. The van der Waals surface area contributed by atoms with Gasteiger partial charge in [0.05, 0.1) is 5.02 Å². The molecule has 1 aromatic carbocycles. The van der Waals surface area contributed by atoms with Gasteiger partial charge in [-0.2, -0.15) is 0 Å². The number of nitrogens with two attached hydrogens (primary N) is 1. The number of nitrogens with zero attached hydrogens (tertiary/aromatic N) is 1. The van der Waals surface area contributed by atoms with Crippen molar-refractivity contribution >= 4 is 17.5 Å². The number of hydrogen-bond acceptors (Lipinski definition) is 3. The summed E-state index contributed by atoms with van der Waals surface area (Å²) in [7, 11) is 0. The lowest BCUT2D eigenvalue weighted by Gasteiger charge is -2.38. The van der Waals surface area contributed by atoms with Gasteiger partial charge in [0.25, 0.3) is 0 Å². The van der Waals surface area contributed by atoms with Crippen LogP contribution in [-0.2, 0) is 10.3 Å². The van der Waals surface area contributed by atoms with Crippen molar-refractivity contribution in [3.8, 4) is 0 Å². The summed E-state index contributed by atoms with van der Waals surface area (Å²) in [6.45, 7) is 4.92. The van der Waals surface area contributed by atoms with Crippen LogP contribution >= 0.6 is 11.6 Å². The van der Waals surface area contributed by atoms with Crippen LogP contribution in [0.2, 0.25) is 5.02 Å². The molecule has 110 valence electrons. The van der Waals surface area contributed by atoms with Crippen LogP contribution in [0.5, 0.6) is 0 Å². The molecule has 4 nitrogen and oxygen atoms in total. The van der Waals surface area contributed by atoms with Gasteiger partial charge in [-0.15, -0.1) is 0 Å². The Morgan fingerprint density at radius 1 is 1.45 bits per heavy atom. The first-order valence-corrected chi connectivity index (χ1v) is 7.05. The highest BCUT2D eigenvalue weighted by Gasteiger charge is 2.39. The normalized spacial score (nSPS) is 20.1. The molecule has 6 heteroatoms. The fourth-order valence-corrected chi connectivity index (χ4v) is 2.75. The summed E-state index contributed by atoms with van der Waals surface area (Å²) < 4.78 is 13.3. The van der Waals surface area contributed by atoms with Crippen LogP contribution in [0.4, 0.5) is 4.39 Å². The number of hydrogen-bond donors (Lipinski definition) is 2. The lowest BCUT2D eigenvalue weighted by molar-refractivity contribution is -0.130. The largest absolute Gasteiger partial charge is 0.368 e. The molecule has 1 amide bonds. The smallest absolute Gasteiger partial charge is 0.242 e. The van der Waals surface area contributed by atoms with Gasteiger partial charge < -0.3 is 11.1 Å². The highest BCUT2D eigenvalue weighted by molar-refractivity contribution is 6.30. The maximum absolute atomic E-state index is 13.3. The van der Waals surface area contributed by atoms with E-state index in [2.05, 4.69) is 5.32 Å². The average Bonchev–Trinajstić information content (AvgIpc) is 2.70. The van der Waals surface area contributed by atoms with Gasteiger partial charge in [0.1, 0.15) is 11.4 Å². The predicted molar refractivity (Wildman–Crippen MR) is 77.0 cm³/mol. The van der Waals surface area contributed by atoms with E-state index in [1.54, 1.807) is 13.0 Å². The monoisotopic (exact) mass is 299 g/mol. The van der Waals surface area contributed by atoms with Gasteiger partial charge in [-0.1, -0.05) is 17.7 Å². The molecule has 1 aliphatic heterocycles. The van der Waals surface area contributed by atoms with Gasteiger partial charge in [0.15, 0.2) is 0 Å². The van der Waals surface area contributed by atoms with Crippen LogP contribution in [0.25, 0.3) is 0 Å². The van der Waals surface area contributed by atoms with Crippen molar-refractivity contribution in [3.05, 3.63) is 34.6 Å². The Bertz CT molecular complexity index is 503. The minimum absolute atomic E-state index is 0.00271. The first kappa shape index (κ1) is 15.2. The zero-order chi connectivity index (χ0) is 14.8. The Morgan fingerprint density at radius 2 is 2.20 bits per heavy atom. The molecule has 0 saturated carbocycles. The molecular formula is C14H19ClFN3O. The minimum Gasteiger partial charge on any atom is -0.368 e. The number of primary amides is 1. The van der Waals surface area contributed by atoms with E-state index in [0.29, 0.717) is 12.1 Å². The molecule has 1 aromatic rings. The van der Waals surface area contributed by atoms with E-state index in [1.165, 1.54) is 12.1 Å². The van der Waals surface area contributed by atoms with Gasteiger partial charge in [-0.05, 0) is 37.6 Å². The molecule has 1 atom stereocenters. The zero-order valence-corrected chi connectivity index (χ0v) is 12.2. The molecule has 0 radical (unpaired) electrons. The molecular weight excluding hydrogens is 281 g/mol. The molecule has 3 N–H and O–H groups in total. The maximum atomic E-state index is 13.3. The van der Waals surface area contributed by atoms with Gasteiger partial charge in [0.2, 0.25) is 5.91 Å². The third-order valence-electron chi connectivity index (χ3n) is 3.93. The maximum Gasteiger partial charge on any atom is 0.242 e. The number of benzene rings is 1. The molecule has 0 aromatic heterocycles. The Hall–Kier alpha value is -1.17. The second-order valence-corrected chi connectivity index (χ2v) is 5.56. The molecule has 0 spiro atoms. The van der Waals surface area contributed by atoms with Crippen LogP contribution in [0.15, 0.2) is 18.2 Å². The molecule has 20 heavy (non-hydrogen) atoms. The van der Waals surface area contributed by atoms with E-state index >= 15 is 0 Å². The summed E-state index contributed by atoms with van der Waals surface area (Å²) >= 11 is 5.84. The summed E-state index contributed by atoms with van der Waals surface area (Å²) in [4.78, 5) is 14.1. The number of carbonyl (C=O) groups excluding carboxylic acids is 1. The third kappa shape index (κ3) is 2.80. The van der Waals surface area contributed by atoms with E-state index in [0.717, 1.165) is 26.1 Å². The van der Waals surface area contributed by atoms with E-state index in [9.17, 15) is 9.18 Å². The van der Waals surface area contributed by atoms with E-state index in [4.69, 9.17) is 17.3 Å². The number of amides is 1. The van der Waals surface area contributed by atoms with Crippen molar-refractivity contribution in [2.24, 2.45) is 5.73 Å². The first-order valence-electron chi connectivity index (χ1n) is 6.67. The van der Waals surface area contributed by atoms with Crippen molar-refractivity contribution in [2.75, 3.05) is 26.2 Å². The quantitative estimate of drug-likeness (QED) is 0.889. The summed E-state index contributed by atoms with van der Waals surface area (Å²) in [5.74, 6) is -0.957. The molecule has 1 heterocycles. The lowest BCUT2D eigenvalue weighted by Crippen LogP contribution is -2.54. The molecule has 1 aliphatic rings. The van der Waals surface area contributed by atoms with Crippen molar-refractivity contribution < 1.29 is 9.18 Å². The van der Waals surface area contributed by atoms with Gasteiger partial charge in [-0.25, -0.2) is 4.39 Å². The molecule has 0 bridgehead atoms. The Labute approximate surface area is 123 Å². The predicted octanol–water partition coefficient (Wildman–Crippen LogP) is 1.47. The number of halogens is 2. The van der Waals surface area contributed by atoms with Crippen LogP contribution in [0.1, 0.15) is 18.9 Å². The van der Waals surface area contributed by atoms with Gasteiger partial charge in [-0.3, -0.25) is 9.69 Å². The summed E-state index contributed by atoms with van der Waals surface area (Å²) in [6, 6.07) is 4.33. The topological polar surface area (TPSA) is 58.4 Å². The molecule has 0 aliphatic carbocycles. The van der Waals surface area contributed by atoms with Crippen LogP contribution in [-0.4, -0.2) is 37.0 Å². The average molecular weight is 300 g/mol. The summed E-state index contributed by atoms with van der Waals surface area (Å²) in [5, 5.41) is 3.28. The molecule has 1 unspecified atom stereocenters. The Morgan fingerprint density at radius 3 is 2.85 bits per heavy atom. The Balaban J connectivity index is 2.41. The second-order valence-electron chi connectivity index (χ2n) is 5.16. The van der Waals surface area contributed by atoms with Crippen molar-refractivity contribution in [1.82, 2.24) is 10.2 Å². The Kier molecular flexibility index (Phi) is 4.62. The zero-order valence-electron chi connectivity index (χ0n) is 11.5. The summed E-state index contributed by atoms with van der Waals surface area (Å²) in [6.07, 6.45) is 0.928. The first-order chi connectivity index (χ1) is 9.46. The number of nitrogens with one attached hydrogen (secondary N) is 1.